The van der Waals surface area contributed by atoms with Gasteiger partial charge in [0.15, 0.2) is 0 Å². The fourth-order valence-corrected chi connectivity index (χ4v) is 2.79. The summed E-state index contributed by atoms with van der Waals surface area (Å²) >= 11 is 1.83. The molecule has 15 heavy (non-hydrogen) atoms. The Bertz CT molecular complexity index is 431. The van der Waals surface area contributed by atoms with Crippen molar-refractivity contribution >= 4 is 11.3 Å². The Balaban J connectivity index is 2.38. The van der Waals surface area contributed by atoms with Crippen molar-refractivity contribution in [1.82, 2.24) is 5.32 Å². The maximum Gasteiger partial charge on any atom is 0.0375 e. The third kappa shape index (κ3) is 2.11. The predicted molar refractivity (Wildman–Crippen MR) is 67.3 cm³/mol. The van der Waals surface area contributed by atoms with Crippen molar-refractivity contribution < 1.29 is 0 Å². The molecular formula is C13H15NS. The first kappa shape index (κ1) is 10.4. The van der Waals surface area contributed by atoms with Crippen molar-refractivity contribution in [3.8, 4) is 10.4 Å². The molecule has 1 heterocycles. The Kier molecular flexibility index (Phi) is 3.19. The predicted octanol–water partition coefficient (Wildman–Crippen LogP) is 3.44. The van der Waals surface area contributed by atoms with Crippen molar-refractivity contribution in [3.63, 3.8) is 0 Å². The fraction of sp³-hybridized carbons (Fsp3) is 0.231. The SMILES string of the molecule is CNCc1csc(-c2ccccc2)c1C. The fourth-order valence-electron chi connectivity index (χ4n) is 1.69. The lowest BCUT2D eigenvalue weighted by molar-refractivity contribution is 0.816. The summed E-state index contributed by atoms with van der Waals surface area (Å²) in [6.07, 6.45) is 0. The van der Waals surface area contributed by atoms with E-state index < -0.39 is 0 Å². The molecule has 0 atom stereocenters. The number of rotatable bonds is 3. The Morgan fingerprint density at radius 1 is 1.20 bits per heavy atom. The van der Waals surface area contributed by atoms with Crippen molar-refractivity contribution in [2.75, 3.05) is 7.05 Å². The molecular weight excluding hydrogens is 202 g/mol. The summed E-state index contributed by atoms with van der Waals surface area (Å²) in [5.74, 6) is 0. The van der Waals surface area contributed by atoms with E-state index in [1.807, 2.05) is 18.4 Å². The van der Waals surface area contributed by atoms with Crippen molar-refractivity contribution in [2.45, 2.75) is 13.5 Å². The van der Waals surface area contributed by atoms with Gasteiger partial charge in [-0.25, -0.2) is 0 Å². The average molecular weight is 217 g/mol. The third-order valence-corrected chi connectivity index (χ3v) is 3.72. The van der Waals surface area contributed by atoms with E-state index in [9.17, 15) is 0 Å². The Hall–Kier alpha value is -1.12. The second-order valence-corrected chi connectivity index (χ2v) is 4.49. The van der Waals surface area contributed by atoms with Crippen LogP contribution in [0.2, 0.25) is 0 Å². The number of hydrogen-bond acceptors (Lipinski definition) is 2. The van der Waals surface area contributed by atoms with E-state index in [1.165, 1.54) is 21.6 Å². The largest absolute Gasteiger partial charge is 0.316 e. The summed E-state index contributed by atoms with van der Waals surface area (Å²) < 4.78 is 0. The summed E-state index contributed by atoms with van der Waals surface area (Å²) in [5.41, 5.74) is 4.13. The zero-order chi connectivity index (χ0) is 10.7. The minimum absolute atomic E-state index is 0.954. The molecule has 0 unspecified atom stereocenters. The molecule has 0 saturated heterocycles. The van der Waals surface area contributed by atoms with Crippen molar-refractivity contribution in [3.05, 3.63) is 46.8 Å². The second kappa shape index (κ2) is 4.60. The number of hydrogen-bond donors (Lipinski definition) is 1. The molecule has 1 N–H and O–H groups in total. The monoisotopic (exact) mass is 217 g/mol. The Morgan fingerprint density at radius 3 is 2.60 bits per heavy atom. The zero-order valence-electron chi connectivity index (χ0n) is 9.08. The van der Waals surface area contributed by atoms with Gasteiger partial charge in [-0.2, -0.15) is 0 Å². The van der Waals surface area contributed by atoms with Gasteiger partial charge in [-0.3, -0.25) is 0 Å². The molecule has 0 aliphatic heterocycles. The van der Waals surface area contributed by atoms with E-state index in [2.05, 4.69) is 48.0 Å². The van der Waals surface area contributed by atoms with Crippen molar-refractivity contribution in [1.29, 1.82) is 0 Å². The molecule has 1 aromatic carbocycles. The minimum Gasteiger partial charge on any atom is -0.316 e. The van der Waals surface area contributed by atoms with Crippen LogP contribution in [0.4, 0.5) is 0 Å². The van der Waals surface area contributed by atoms with Gasteiger partial charge in [-0.15, -0.1) is 11.3 Å². The number of benzene rings is 1. The van der Waals surface area contributed by atoms with Crippen LogP contribution >= 0.6 is 11.3 Å². The highest BCUT2D eigenvalue weighted by molar-refractivity contribution is 7.14. The molecule has 78 valence electrons. The van der Waals surface area contributed by atoms with Crippen LogP contribution in [0.25, 0.3) is 10.4 Å². The molecule has 0 amide bonds. The van der Waals surface area contributed by atoms with Crippen LogP contribution in [-0.4, -0.2) is 7.05 Å². The highest BCUT2D eigenvalue weighted by Crippen LogP contribution is 2.31. The van der Waals surface area contributed by atoms with E-state index in [-0.39, 0.29) is 0 Å². The third-order valence-electron chi connectivity index (χ3n) is 2.54. The van der Waals surface area contributed by atoms with Crippen LogP contribution in [0, 0.1) is 6.92 Å². The summed E-state index contributed by atoms with van der Waals surface area (Å²) in [7, 11) is 1.99. The van der Waals surface area contributed by atoms with Gasteiger partial charge in [0.2, 0.25) is 0 Å². The lowest BCUT2D eigenvalue weighted by Crippen LogP contribution is -2.04. The normalized spacial score (nSPS) is 10.5. The van der Waals surface area contributed by atoms with Gasteiger partial charge >= 0.3 is 0 Å². The second-order valence-electron chi connectivity index (χ2n) is 3.61. The molecule has 2 heteroatoms. The van der Waals surface area contributed by atoms with Gasteiger partial charge in [0, 0.05) is 11.4 Å². The maximum atomic E-state index is 3.20. The van der Waals surface area contributed by atoms with E-state index in [0.29, 0.717) is 0 Å². The maximum absolute atomic E-state index is 3.20. The van der Waals surface area contributed by atoms with Crippen LogP contribution in [0.15, 0.2) is 35.7 Å². The molecule has 0 radical (unpaired) electrons. The number of nitrogens with one attached hydrogen (secondary N) is 1. The van der Waals surface area contributed by atoms with Gasteiger partial charge in [0.25, 0.3) is 0 Å². The first-order valence-electron chi connectivity index (χ1n) is 5.10. The summed E-state index contributed by atoms with van der Waals surface area (Å²) in [5, 5.41) is 5.44. The lowest BCUT2D eigenvalue weighted by Gasteiger charge is -2.01. The molecule has 0 bridgehead atoms. The first-order valence-corrected chi connectivity index (χ1v) is 5.98. The summed E-state index contributed by atoms with van der Waals surface area (Å²) in [6, 6.07) is 10.6. The van der Waals surface area contributed by atoms with Gasteiger partial charge in [0.1, 0.15) is 0 Å². The lowest BCUT2D eigenvalue weighted by atomic mass is 10.1. The molecule has 0 spiro atoms. The van der Waals surface area contributed by atoms with Gasteiger partial charge in [-0.1, -0.05) is 30.3 Å². The molecule has 0 saturated carbocycles. The smallest absolute Gasteiger partial charge is 0.0375 e. The van der Waals surface area contributed by atoms with Gasteiger partial charge in [0.05, 0.1) is 0 Å². The molecule has 2 aromatic rings. The van der Waals surface area contributed by atoms with Crippen LogP contribution in [0.1, 0.15) is 11.1 Å². The number of thiophene rings is 1. The molecule has 0 aliphatic carbocycles. The van der Waals surface area contributed by atoms with E-state index in [4.69, 9.17) is 0 Å². The summed E-state index contributed by atoms with van der Waals surface area (Å²) in [6.45, 7) is 3.15. The molecule has 1 nitrogen and oxygen atoms in total. The average Bonchev–Trinajstić information content (AvgIpc) is 2.63. The Morgan fingerprint density at radius 2 is 1.93 bits per heavy atom. The molecule has 1 aromatic heterocycles. The van der Waals surface area contributed by atoms with E-state index >= 15 is 0 Å². The molecule has 0 aliphatic rings. The van der Waals surface area contributed by atoms with Gasteiger partial charge < -0.3 is 5.32 Å². The van der Waals surface area contributed by atoms with Gasteiger partial charge in [-0.05, 0) is 36.0 Å². The van der Waals surface area contributed by atoms with Crippen molar-refractivity contribution in [2.24, 2.45) is 0 Å². The van der Waals surface area contributed by atoms with E-state index in [0.717, 1.165) is 6.54 Å². The Labute approximate surface area is 94.8 Å². The minimum atomic E-state index is 0.954. The van der Waals surface area contributed by atoms with Crippen LogP contribution in [-0.2, 0) is 6.54 Å². The quantitative estimate of drug-likeness (QED) is 0.830. The van der Waals surface area contributed by atoms with E-state index in [1.54, 1.807) is 0 Å². The van der Waals surface area contributed by atoms with Crippen LogP contribution in [0.5, 0.6) is 0 Å². The molecule has 0 fully saturated rings. The zero-order valence-corrected chi connectivity index (χ0v) is 9.90. The standard InChI is InChI=1S/C13H15NS/c1-10-12(8-14-2)9-15-13(10)11-6-4-3-5-7-11/h3-7,9,14H,8H2,1-2H3. The topological polar surface area (TPSA) is 12.0 Å². The highest BCUT2D eigenvalue weighted by Gasteiger charge is 2.07. The van der Waals surface area contributed by atoms with Crippen LogP contribution in [0.3, 0.4) is 0 Å². The molecule has 2 rings (SSSR count). The highest BCUT2D eigenvalue weighted by atomic mass is 32.1. The summed E-state index contributed by atoms with van der Waals surface area (Å²) in [4.78, 5) is 1.39. The first-order chi connectivity index (χ1) is 7.33. The van der Waals surface area contributed by atoms with Crippen LogP contribution < -0.4 is 5.32 Å².